The molecule has 0 aliphatic carbocycles. The van der Waals surface area contributed by atoms with Gasteiger partial charge in [-0.15, -0.1) is 0 Å². The maximum absolute atomic E-state index is 6.28. The van der Waals surface area contributed by atoms with Gasteiger partial charge in [0.05, 0.1) is 6.61 Å². The number of hydrogen-bond acceptors (Lipinski definition) is 2. The van der Waals surface area contributed by atoms with Crippen LogP contribution in [-0.2, 0) is 4.74 Å². The predicted octanol–water partition coefficient (Wildman–Crippen LogP) is 4.28. The van der Waals surface area contributed by atoms with Crippen LogP contribution in [0.2, 0.25) is 0 Å². The van der Waals surface area contributed by atoms with Crippen LogP contribution in [0.15, 0.2) is 42.5 Å². The van der Waals surface area contributed by atoms with E-state index in [0.717, 1.165) is 13.2 Å². The lowest BCUT2D eigenvalue weighted by Crippen LogP contribution is -2.20. The van der Waals surface area contributed by atoms with Crippen LogP contribution in [0, 0.1) is 20.8 Å². The van der Waals surface area contributed by atoms with E-state index in [2.05, 4.69) is 82.2 Å². The van der Waals surface area contributed by atoms with Gasteiger partial charge >= 0.3 is 0 Å². The molecule has 0 aromatic heterocycles. The van der Waals surface area contributed by atoms with Gasteiger partial charge in [0, 0.05) is 6.54 Å². The maximum atomic E-state index is 6.28. The van der Waals surface area contributed by atoms with E-state index >= 15 is 0 Å². The molecule has 0 heterocycles. The van der Waals surface area contributed by atoms with Crippen LogP contribution in [0.25, 0.3) is 0 Å². The molecule has 0 saturated heterocycles. The van der Waals surface area contributed by atoms with E-state index in [4.69, 9.17) is 4.74 Å². The van der Waals surface area contributed by atoms with Crippen molar-refractivity contribution in [2.75, 3.05) is 27.2 Å². The molecule has 0 bridgehead atoms. The summed E-state index contributed by atoms with van der Waals surface area (Å²) in [5, 5.41) is 0. The van der Waals surface area contributed by atoms with Crippen molar-refractivity contribution in [1.82, 2.24) is 4.90 Å². The van der Waals surface area contributed by atoms with Crippen LogP contribution in [0.5, 0.6) is 0 Å². The van der Waals surface area contributed by atoms with E-state index in [9.17, 15) is 0 Å². The Hall–Kier alpha value is -1.64. The van der Waals surface area contributed by atoms with E-state index in [1.165, 1.54) is 27.8 Å². The number of nitrogens with zero attached hydrogens (tertiary/aromatic N) is 1. The average Bonchev–Trinajstić information content (AvgIpc) is 2.45. The van der Waals surface area contributed by atoms with Crippen molar-refractivity contribution in [3.05, 3.63) is 70.3 Å². The van der Waals surface area contributed by atoms with Crippen LogP contribution < -0.4 is 0 Å². The fourth-order valence-electron chi connectivity index (χ4n) is 2.93. The summed E-state index contributed by atoms with van der Waals surface area (Å²) in [6.07, 6.45) is 0.00162. The third-order valence-electron chi connectivity index (χ3n) is 3.93. The van der Waals surface area contributed by atoms with Gasteiger partial charge in [-0.3, -0.25) is 0 Å². The van der Waals surface area contributed by atoms with E-state index in [1.807, 2.05) is 0 Å². The topological polar surface area (TPSA) is 12.5 Å². The molecule has 2 aromatic rings. The van der Waals surface area contributed by atoms with Crippen molar-refractivity contribution in [2.24, 2.45) is 0 Å². The minimum absolute atomic E-state index is 0.00162. The molecule has 118 valence electrons. The summed E-state index contributed by atoms with van der Waals surface area (Å²) < 4.78 is 6.28. The second-order valence-electron chi connectivity index (χ2n) is 6.28. The molecule has 0 spiro atoms. The molecule has 22 heavy (non-hydrogen) atoms. The highest BCUT2D eigenvalue weighted by Gasteiger charge is 2.19. The minimum atomic E-state index is 0.00162. The highest BCUT2D eigenvalue weighted by molar-refractivity contribution is 5.43. The van der Waals surface area contributed by atoms with Crippen molar-refractivity contribution < 1.29 is 4.74 Å². The van der Waals surface area contributed by atoms with Gasteiger partial charge < -0.3 is 9.64 Å². The zero-order valence-electron chi connectivity index (χ0n) is 14.4. The summed E-state index contributed by atoms with van der Waals surface area (Å²) >= 11 is 0. The first-order valence-electron chi connectivity index (χ1n) is 7.88. The van der Waals surface area contributed by atoms with Crippen LogP contribution in [-0.4, -0.2) is 32.1 Å². The molecule has 0 fully saturated rings. The Labute approximate surface area is 134 Å². The summed E-state index contributed by atoms with van der Waals surface area (Å²) in [5.41, 5.74) is 6.43. The summed E-state index contributed by atoms with van der Waals surface area (Å²) in [6.45, 7) is 8.15. The van der Waals surface area contributed by atoms with Crippen LogP contribution >= 0.6 is 0 Å². The van der Waals surface area contributed by atoms with E-state index < -0.39 is 0 Å². The monoisotopic (exact) mass is 297 g/mol. The number of benzene rings is 2. The molecule has 0 aliphatic rings. The zero-order chi connectivity index (χ0) is 16.1. The summed E-state index contributed by atoms with van der Waals surface area (Å²) in [7, 11) is 4.15. The van der Waals surface area contributed by atoms with Gasteiger partial charge in [0.2, 0.25) is 0 Å². The first-order chi connectivity index (χ1) is 10.5. The fraction of sp³-hybridized carbons (Fsp3) is 0.400. The van der Waals surface area contributed by atoms with Crippen molar-refractivity contribution in [1.29, 1.82) is 0 Å². The number of aryl methyl sites for hydroxylation is 3. The molecule has 0 amide bonds. The average molecular weight is 297 g/mol. The van der Waals surface area contributed by atoms with Gasteiger partial charge in [0.15, 0.2) is 0 Å². The summed E-state index contributed by atoms with van der Waals surface area (Å²) in [4.78, 5) is 2.15. The molecule has 2 aromatic carbocycles. The Balaban J connectivity index is 2.36. The molecule has 0 radical (unpaired) electrons. The van der Waals surface area contributed by atoms with Gasteiger partial charge in [0.1, 0.15) is 6.10 Å². The molecule has 0 aliphatic heterocycles. The second-order valence-corrected chi connectivity index (χ2v) is 6.28. The van der Waals surface area contributed by atoms with Crippen molar-refractivity contribution >= 4 is 0 Å². The van der Waals surface area contributed by atoms with Crippen molar-refractivity contribution in [2.45, 2.75) is 26.9 Å². The first kappa shape index (κ1) is 16.7. The van der Waals surface area contributed by atoms with E-state index in [-0.39, 0.29) is 6.10 Å². The van der Waals surface area contributed by atoms with Gasteiger partial charge in [-0.2, -0.15) is 0 Å². The van der Waals surface area contributed by atoms with Crippen molar-refractivity contribution in [3.8, 4) is 0 Å². The summed E-state index contributed by atoms with van der Waals surface area (Å²) in [6, 6.07) is 15.0. The molecular weight excluding hydrogens is 270 g/mol. The number of ether oxygens (including phenoxy) is 1. The highest BCUT2D eigenvalue weighted by atomic mass is 16.5. The fourth-order valence-corrected chi connectivity index (χ4v) is 2.93. The number of likely N-dealkylation sites (N-methyl/N-ethyl adjacent to an activating group) is 1. The third kappa shape index (κ3) is 4.19. The third-order valence-corrected chi connectivity index (χ3v) is 3.93. The standard InChI is InChI=1S/C20H27NO/c1-15-13-16(2)19(17(3)14-15)20(22-12-11-21(4)5)18-9-7-6-8-10-18/h6-10,13-14,20H,11-12H2,1-5H3/t20-/m1/s1. The Morgan fingerprint density at radius 3 is 2.09 bits per heavy atom. The Morgan fingerprint density at radius 1 is 0.955 bits per heavy atom. The van der Waals surface area contributed by atoms with E-state index in [1.54, 1.807) is 0 Å². The lowest BCUT2D eigenvalue weighted by atomic mass is 9.92. The quantitative estimate of drug-likeness (QED) is 0.789. The number of rotatable bonds is 6. The largest absolute Gasteiger partial charge is 0.367 e. The van der Waals surface area contributed by atoms with E-state index in [0.29, 0.717) is 0 Å². The van der Waals surface area contributed by atoms with Gasteiger partial charge in [0.25, 0.3) is 0 Å². The molecule has 1 atom stereocenters. The first-order valence-corrected chi connectivity index (χ1v) is 7.88. The summed E-state index contributed by atoms with van der Waals surface area (Å²) in [5.74, 6) is 0. The molecule has 0 N–H and O–H groups in total. The molecule has 2 rings (SSSR count). The lowest BCUT2D eigenvalue weighted by Gasteiger charge is -2.24. The van der Waals surface area contributed by atoms with Crippen LogP contribution in [0.1, 0.15) is 33.9 Å². The lowest BCUT2D eigenvalue weighted by molar-refractivity contribution is 0.0680. The second kappa shape index (κ2) is 7.57. The molecule has 0 unspecified atom stereocenters. The van der Waals surface area contributed by atoms with Crippen molar-refractivity contribution in [3.63, 3.8) is 0 Å². The molecule has 0 saturated carbocycles. The molecule has 2 nitrogen and oxygen atoms in total. The highest BCUT2D eigenvalue weighted by Crippen LogP contribution is 2.31. The minimum Gasteiger partial charge on any atom is -0.367 e. The SMILES string of the molecule is Cc1cc(C)c([C@H](OCCN(C)C)c2ccccc2)c(C)c1. The Morgan fingerprint density at radius 2 is 1.55 bits per heavy atom. The maximum Gasteiger partial charge on any atom is 0.108 e. The smallest absolute Gasteiger partial charge is 0.108 e. The number of hydrogen-bond donors (Lipinski definition) is 0. The normalized spacial score (nSPS) is 12.6. The molecular formula is C20H27NO. The Kier molecular flexibility index (Phi) is 5.76. The molecule has 2 heteroatoms. The van der Waals surface area contributed by atoms with Crippen LogP contribution in [0.3, 0.4) is 0 Å². The van der Waals surface area contributed by atoms with Gasteiger partial charge in [-0.05, 0) is 57.1 Å². The predicted molar refractivity (Wildman–Crippen MR) is 93.4 cm³/mol. The zero-order valence-corrected chi connectivity index (χ0v) is 14.4. The Bertz CT molecular complexity index is 581. The van der Waals surface area contributed by atoms with Gasteiger partial charge in [-0.1, -0.05) is 48.0 Å². The van der Waals surface area contributed by atoms with Gasteiger partial charge in [-0.25, -0.2) is 0 Å². The van der Waals surface area contributed by atoms with Crippen LogP contribution in [0.4, 0.5) is 0 Å².